The number of fused-ring (bicyclic) bond motifs is 5. The Morgan fingerprint density at radius 2 is 1.46 bits per heavy atom. The van der Waals surface area contributed by atoms with Crippen molar-refractivity contribution in [3.8, 4) is 35.4 Å². The second-order valence-electron chi connectivity index (χ2n) is 23.8. The van der Waals surface area contributed by atoms with Crippen LogP contribution in [0.4, 0.5) is 24.2 Å². The maximum atomic E-state index is 18.0. The van der Waals surface area contributed by atoms with Crippen LogP contribution in [0.1, 0.15) is 176 Å². The lowest BCUT2D eigenvalue weighted by molar-refractivity contribution is -0.167. The molecule has 2 bridgehead atoms. The molecule has 0 spiro atoms. The highest BCUT2D eigenvalue weighted by atomic mass is 19.1. The number of hydrogen-bond donors (Lipinski definition) is 0. The van der Waals surface area contributed by atoms with Crippen LogP contribution in [0.2, 0.25) is 0 Å². The van der Waals surface area contributed by atoms with Crippen LogP contribution in [0.5, 0.6) is 11.8 Å². The van der Waals surface area contributed by atoms with Gasteiger partial charge in [-0.3, -0.25) is 29.2 Å². The number of pyridine rings is 1. The first-order valence-electron chi connectivity index (χ1n) is 30.6. The van der Waals surface area contributed by atoms with Crippen molar-refractivity contribution in [2.24, 2.45) is 11.8 Å². The normalized spacial score (nSPS) is 19.6. The monoisotopic (exact) mass is 1170 g/mol. The van der Waals surface area contributed by atoms with E-state index in [-0.39, 0.29) is 113 Å². The first kappa shape index (κ1) is 63.1. The van der Waals surface area contributed by atoms with Crippen LogP contribution >= 0.6 is 0 Å². The quantitative estimate of drug-likeness (QED) is 0.0124. The molecule has 0 radical (unpaired) electrons. The SMILES string of the molecule is C#Cc1c(F)ccc2cc(OC(=O)OC(COC(=O)CCCCCCCC)COC(=O)CCCCCCCC)cc(-c3ncc4c(N5CC6CCC(C5)N6C(=O)OC(C)OC(=O)CC(C)C)nc(OC[C@@]56CCCN5CC(C)C6)nc4c3F)c12. The van der Waals surface area contributed by atoms with E-state index in [0.29, 0.717) is 37.4 Å². The number of amides is 1. The Hall–Kier alpha value is -6.88. The van der Waals surface area contributed by atoms with Gasteiger partial charge in [0.05, 0.1) is 28.6 Å². The van der Waals surface area contributed by atoms with Crippen LogP contribution in [-0.4, -0.2) is 131 Å². The molecule has 0 saturated carbocycles. The number of nitrogens with zero attached hydrogens (tertiary/aromatic N) is 6. The molecule has 6 heterocycles. The summed E-state index contributed by atoms with van der Waals surface area (Å²) >= 11 is 0. The molecule has 20 heteroatoms. The van der Waals surface area contributed by atoms with E-state index in [4.69, 9.17) is 49.5 Å². The molecule has 5 atom stereocenters. The van der Waals surface area contributed by atoms with Crippen molar-refractivity contribution in [2.75, 3.05) is 50.9 Å². The second-order valence-corrected chi connectivity index (χ2v) is 23.8. The van der Waals surface area contributed by atoms with Crippen molar-refractivity contribution in [2.45, 2.75) is 200 Å². The predicted octanol–water partition coefficient (Wildman–Crippen LogP) is 12.6. The fourth-order valence-electron chi connectivity index (χ4n) is 12.5. The molecule has 2 aromatic carbocycles. The van der Waals surface area contributed by atoms with Crippen LogP contribution in [0.15, 0.2) is 30.5 Å². The fraction of sp³-hybridized carbons (Fsp3) is 0.625. The van der Waals surface area contributed by atoms with Crippen molar-refractivity contribution < 1.29 is 65.9 Å². The number of aromatic nitrogens is 3. The van der Waals surface area contributed by atoms with Crippen molar-refractivity contribution in [1.29, 1.82) is 0 Å². The zero-order chi connectivity index (χ0) is 59.9. The Kier molecular flexibility index (Phi) is 22.4. The molecule has 1 amide bonds. The van der Waals surface area contributed by atoms with Gasteiger partial charge in [0.1, 0.15) is 48.4 Å². The average Bonchev–Trinajstić information content (AvgIpc) is 2.20. The first-order valence-corrected chi connectivity index (χ1v) is 30.6. The fourth-order valence-corrected chi connectivity index (χ4v) is 12.5. The standard InChI is InChI=1S/C64H84F2N6O12/c1-8-11-13-15-17-19-22-53(73)78-38-48(39-79-54(74)23-20-18-16-14-12-9-2)84-63(77)83-47-31-44-24-27-52(65)49(10-3)56(44)50(32-47)58-57(66)59-51(34-67-58)60(69-61(68-59)80-40-64-28-21-29-71(64)35-42(6)33-64)70-36-45-25-26-46(37-70)72(45)62(76)82-43(7)81-55(75)30-41(4)5/h3,24,27,31-32,34,41-43,45-46,48H,8-9,11-23,25-26,28-30,33,35-40H2,1-2,4-7H3/t42?,43?,45?,46?,64-/m0/s1. The van der Waals surface area contributed by atoms with Gasteiger partial charge in [-0.2, -0.15) is 9.97 Å². The van der Waals surface area contributed by atoms with Gasteiger partial charge < -0.3 is 38.1 Å². The van der Waals surface area contributed by atoms with Crippen LogP contribution in [0, 0.1) is 35.8 Å². The molecule has 0 aliphatic carbocycles. The van der Waals surface area contributed by atoms with Crippen molar-refractivity contribution in [3.63, 3.8) is 0 Å². The average molecular weight is 1170 g/mol. The number of piperazine rings is 1. The van der Waals surface area contributed by atoms with Gasteiger partial charge in [0, 0.05) is 63.0 Å². The summed E-state index contributed by atoms with van der Waals surface area (Å²) in [5.74, 6) is -0.0589. The van der Waals surface area contributed by atoms with Crippen molar-refractivity contribution >= 4 is 57.6 Å². The third-order valence-electron chi connectivity index (χ3n) is 16.5. The molecule has 4 saturated heterocycles. The molecular weight excluding hydrogens is 1080 g/mol. The van der Waals surface area contributed by atoms with E-state index in [2.05, 4.69) is 36.6 Å². The molecule has 456 valence electrons. The summed E-state index contributed by atoms with van der Waals surface area (Å²) in [6.07, 6.45) is 19.4. The van der Waals surface area contributed by atoms with Gasteiger partial charge in [-0.05, 0) is 86.9 Å². The highest BCUT2D eigenvalue weighted by molar-refractivity contribution is 6.03. The molecule has 0 N–H and O–H groups in total. The van der Waals surface area contributed by atoms with E-state index in [1.165, 1.54) is 31.3 Å². The maximum absolute atomic E-state index is 18.0. The third kappa shape index (κ3) is 16.1. The summed E-state index contributed by atoms with van der Waals surface area (Å²) in [6.45, 7) is 13.7. The van der Waals surface area contributed by atoms with Gasteiger partial charge in [0.2, 0.25) is 6.29 Å². The molecule has 84 heavy (non-hydrogen) atoms. The number of unbranched alkanes of at least 4 members (excludes halogenated alkanes) is 10. The van der Waals surface area contributed by atoms with Gasteiger partial charge in [-0.1, -0.05) is 111 Å². The number of rotatable bonds is 29. The van der Waals surface area contributed by atoms with Gasteiger partial charge >= 0.3 is 36.2 Å². The van der Waals surface area contributed by atoms with E-state index in [1.807, 2.05) is 18.7 Å². The zero-order valence-electron chi connectivity index (χ0n) is 49.9. The number of benzene rings is 2. The Bertz CT molecular complexity index is 2960. The number of carbonyl (C=O) groups excluding carboxylic acids is 5. The number of hydrogen-bond acceptors (Lipinski definition) is 17. The maximum Gasteiger partial charge on any atom is 0.514 e. The van der Waals surface area contributed by atoms with Crippen molar-refractivity contribution in [1.82, 2.24) is 24.8 Å². The lowest BCUT2D eigenvalue weighted by Gasteiger charge is -2.41. The predicted molar refractivity (Wildman–Crippen MR) is 312 cm³/mol. The molecule has 4 aliphatic heterocycles. The number of anilines is 1. The molecule has 4 aliphatic rings. The minimum Gasteiger partial charge on any atom is -0.462 e. The van der Waals surface area contributed by atoms with E-state index in [1.54, 1.807) is 4.90 Å². The lowest BCUT2D eigenvalue weighted by atomic mass is 9.92. The summed E-state index contributed by atoms with van der Waals surface area (Å²) in [5, 5.41) is 0.597. The van der Waals surface area contributed by atoms with Crippen molar-refractivity contribution in [3.05, 3.63) is 47.7 Å². The molecule has 4 aromatic rings. The third-order valence-corrected chi connectivity index (χ3v) is 16.5. The number of halogens is 2. The number of terminal acetylenes is 1. The van der Waals surface area contributed by atoms with Crippen LogP contribution in [-0.2, 0) is 38.1 Å². The van der Waals surface area contributed by atoms with Gasteiger partial charge in [0.25, 0.3) is 0 Å². The summed E-state index contributed by atoms with van der Waals surface area (Å²) in [5.41, 5.74) is -0.946. The van der Waals surface area contributed by atoms with E-state index in [9.17, 15) is 24.0 Å². The summed E-state index contributed by atoms with van der Waals surface area (Å²) in [6, 6.07) is 4.53. The van der Waals surface area contributed by atoms with Gasteiger partial charge in [0.15, 0.2) is 11.9 Å². The smallest absolute Gasteiger partial charge is 0.462 e. The van der Waals surface area contributed by atoms with Crippen LogP contribution in [0.25, 0.3) is 32.9 Å². The Morgan fingerprint density at radius 1 is 0.810 bits per heavy atom. The van der Waals surface area contributed by atoms with E-state index >= 15 is 8.78 Å². The zero-order valence-corrected chi connectivity index (χ0v) is 49.9. The summed E-state index contributed by atoms with van der Waals surface area (Å²) in [4.78, 5) is 86.1. The molecular formula is C64H84F2N6O12. The largest absolute Gasteiger partial charge is 0.514 e. The molecule has 18 nitrogen and oxygen atoms in total. The minimum atomic E-state index is -1.26. The Morgan fingerprint density at radius 3 is 2.11 bits per heavy atom. The lowest BCUT2D eigenvalue weighted by Crippen LogP contribution is -2.56. The van der Waals surface area contributed by atoms with Crippen LogP contribution < -0.4 is 14.4 Å². The second kappa shape index (κ2) is 29.8. The molecule has 2 aromatic heterocycles. The summed E-state index contributed by atoms with van der Waals surface area (Å²) < 4.78 is 73.8. The van der Waals surface area contributed by atoms with Gasteiger partial charge in [-0.15, -0.1) is 6.42 Å². The topological polar surface area (TPSA) is 198 Å². The molecule has 4 fully saturated rings. The minimum absolute atomic E-state index is 0.0386. The van der Waals surface area contributed by atoms with E-state index < -0.39 is 67.4 Å². The molecule has 4 unspecified atom stereocenters. The highest BCUT2D eigenvalue weighted by Crippen LogP contribution is 2.44. The Labute approximate surface area is 492 Å². The number of esters is 3. The summed E-state index contributed by atoms with van der Waals surface area (Å²) in [7, 11) is 0. The van der Waals surface area contributed by atoms with Crippen LogP contribution in [0.3, 0.4) is 0 Å². The highest BCUT2D eigenvalue weighted by Gasteiger charge is 2.48. The van der Waals surface area contributed by atoms with Gasteiger partial charge in [-0.25, -0.2) is 18.4 Å². The Balaban J connectivity index is 1.08. The number of ether oxygens (including phenoxy) is 7. The first-order chi connectivity index (χ1) is 40.5. The van der Waals surface area contributed by atoms with E-state index in [0.717, 1.165) is 103 Å². The number of carbonyl (C=O) groups is 5. The molecule has 8 rings (SSSR count).